The maximum absolute atomic E-state index is 14.0. The van der Waals surface area contributed by atoms with E-state index in [1.54, 1.807) is 0 Å². The zero-order valence-electron chi connectivity index (χ0n) is 20.9. The molecule has 0 radical (unpaired) electrons. The standard InChI is InChI=1S/C30H35N3O2/c1-4-27(23-13-9-6-10-14-23)30(35)33(20-22-11-7-5-8-12-22)21-25-19-26(17-18-28(25)32(2)3)31-29(34)24-15-16-24/h5-14,17-19,24,27H,4,15-16,20-21H2,1-3H3,(H,31,34)/t27-/m1/s1. The van der Waals surface area contributed by atoms with E-state index >= 15 is 0 Å². The fraction of sp³-hybridized carbons (Fsp3) is 0.333. The fourth-order valence-electron chi connectivity index (χ4n) is 4.50. The van der Waals surface area contributed by atoms with Gasteiger partial charge in [-0.15, -0.1) is 0 Å². The Morgan fingerprint density at radius 1 is 0.914 bits per heavy atom. The van der Waals surface area contributed by atoms with Gasteiger partial charge in [0.25, 0.3) is 0 Å². The van der Waals surface area contributed by atoms with Crippen molar-refractivity contribution >= 4 is 23.2 Å². The second-order valence-electron chi connectivity index (χ2n) is 9.55. The van der Waals surface area contributed by atoms with Gasteiger partial charge in [-0.05, 0) is 54.2 Å². The van der Waals surface area contributed by atoms with Crippen LogP contribution in [-0.2, 0) is 22.7 Å². The summed E-state index contributed by atoms with van der Waals surface area (Å²) in [5.74, 6) is 0.125. The summed E-state index contributed by atoms with van der Waals surface area (Å²) in [7, 11) is 4.01. The van der Waals surface area contributed by atoms with E-state index in [9.17, 15) is 9.59 Å². The van der Waals surface area contributed by atoms with Crippen molar-refractivity contribution in [1.82, 2.24) is 4.90 Å². The largest absolute Gasteiger partial charge is 0.377 e. The minimum Gasteiger partial charge on any atom is -0.377 e. The van der Waals surface area contributed by atoms with E-state index in [-0.39, 0.29) is 23.7 Å². The Morgan fingerprint density at radius 2 is 1.57 bits per heavy atom. The number of nitrogens with zero attached hydrogens (tertiary/aromatic N) is 2. The average molecular weight is 470 g/mol. The predicted molar refractivity (Wildman–Crippen MR) is 142 cm³/mol. The summed E-state index contributed by atoms with van der Waals surface area (Å²) in [6.07, 6.45) is 2.66. The highest BCUT2D eigenvalue weighted by Gasteiger charge is 2.30. The zero-order valence-corrected chi connectivity index (χ0v) is 20.9. The van der Waals surface area contributed by atoms with E-state index < -0.39 is 0 Å². The van der Waals surface area contributed by atoms with Crippen LogP contribution in [0.25, 0.3) is 0 Å². The monoisotopic (exact) mass is 469 g/mol. The summed E-state index contributed by atoms with van der Waals surface area (Å²) >= 11 is 0. The molecule has 0 heterocycles. The Bertz CT molecular complexity index is 1140. The van der Waals surface area contributed by atoms with Crippen molar-refractivity contribution in [3.05, 3.63) is 95.6 Å². The number of carbonyl (C=O) groups is 2. The highest BCUT2D eigenvalue weighted by atomic mass is 16.2. The van der Waals surface area contributed by atoms with E-state index in [2.05, 4.69) is 29.3 Å². The smallest absolute Gasteiger partial charge is 0.230 e. The minimum absolute atomic E-state index is 0.0842. The molecule has 0 aromatic heterocycles. The van der Waals surface area contributed by atoms with E-state index in [0.717, 1.165) is 47.3 Å². The Balaban J connectivity index is 1.66. The number of amides is 2. The molecule has 0 aliphatic heterocycles. The van der Waals surface area contributed by atoms with Gasteiger partial charge < -0.3 is 15.1 Å². The lowest BCUT2D eigenvalue weighted by molar-refractivity contribution is -0.134. The van der Waals surface area contributed by atoms with Crippen molar-refractivity contribution in [3.63, 3.8) is 0 Å². The molecule has 1 saturated carbocycles. The van der Waals surface area contributed by atoms with Crippen molar-refractivity contribution < 1.29 is 9.59 Å². The molecule has 1 aliphatic carbocycles. The van der Waals surface area contributed by atoms with Gasteiger partial charge in [0.05, 0.1) is 5.92 Å². The first-order valence-corrected chi connectivity index (χ1v) is 12.4. The first-order chi connectivity index (χ1) is 17.0. The van der Waals surface area contributed by atoms with Gasteiger partial charge in [0, 0.05) is 44.5 Å². The van der Waals surface area contributed by atoms with E-state index in [4.69, 9.17) is 0 Å². The molecule has 5 heteroatoms. The topological polar surface area (TPSA) is 52.7 Å². The Hall–Kier alpha value is -3.60. The summed E-state index contributed by atoms with van der Waals surface area (Å²) in [6, 6.07) is 26.1. The summed E-state index contributed by atoms with van der Waals surface area (Å²) in [5, 5.41) is 3.06. The number of carbonyl (C=O) groups excluding carboxylic acids is 2. The first-order valence-electron chi connectivity index (χ1n) is 12.4. The van der Waals surface area contributed by atoms with Crippen LogP contribution in [0.15, 0.2) is 78.9 Å². The molecule has 3 aromatic carbocycles. The third-order valence-electron chi connectivity index (χ3n) is 6.57. The highest BCUT2D eigenvalue weighted by molar-refractivity contribution is 5.94. The molecule has 1 atom stereocenters. The molecule has 0 unspecified atom stereocenters. The zero-order chi connectivity index (χ0) is 24.8. The summed E-state index contributed by atoms with van der Waals surface area (Å²) in [4.78, 5) is 30.3. The third-order valence-corrected chi connectivity index (χ3v) is 6.57. The second kappa shape index (κ2) is 11.2. The van der Waals surface area contributed by atoms with Crippen LogP contribution in [-0.4, -0.2) is 30.8 Å². The molecule has 182 valence electrons. The third kappa shape index (κ3) is 6.30. The number of hydrogen-bond acceptors (Lipinski definition) is 3. The van der Waals surface area contributed by atoms with Crippen molar-refractivity contribution in [3.8, 4) is 0 Å². The lowest BCUT2D eigenvalue weighted by Gasteiger charge is -2.29. The fourth-order valence-corrected chi connectivity index (χ4v) is 4.50. The van der Waals surface area contributed by atoms with Gasteiger partial charge in [0.2, 0.25) is 11.8 Å². The predicted octanol–water partition coefficient (Wildman–Crippen LogP) is 5.82. The SMILES string of the molecule is CC[C@@H](C(=O)N(Cc1ccccc1)Cc1cc(NC(=O)C2CC2)ccc1N(C)C)c1ccccc1. The van der Waals surface area contributed by atoms with Crippen LogP contribution in [0.5, 0.6) is 0 Å². The van der Waals surface area contributed by atoms with Crippen molar-refractivity contribution in [2.75, 3.05) is 24.3 Å². The molecular formula is C30H35N3O2. The second-order valence-corrected chi connectivity index (χ2v) is 9.55. The maximum atomic E-state index is 14.0. The van der Waals surface area contributed by atoms with Crippen LogP contribution in [0.1, 0.15) is 48.8 Å². The van der Waals surface area contributed by atoms with Crippen LogP contribution in [0.3, 0.4) is 0 Å². The van der Waals surface area contributed by atoms with Crippen LogP contribution in [0.2, 0.25) is 0 Å². The van der Waals surface area contributed by atoms with E-state index in [0.29, 0.717) is 13.1 Å². The molecule has 35 heavy (non-hydrogen) atoms. The number of hydrogen-bond donors (Lipinski definition) is 1. The molecule has 4 rings (SSSR count). The quantitative estimate of drug-likeness (QED) is 0.407. The maximum Gasteiger partial charge on any atom is 0.230 e. The summed E-state index contributed by atoms with van der Waals surface area (Å²) < 4.78 is 0. The van der Waals surface area contributed by atoms with E-state index in [1.165, 1.54) is 0 Å². The van der Waals surface area contributed by atoms with Gasteiger partial charge >= 0.3 is 0 Å². The minimum atomic E-state index is -0.208. The van der Waals surface area contributed by atoms with Gasteiger partial charge in [-0.3, -0.25) is 9.59 Å². The molecular weight excluding hydrogens is 434 g/mol. The molecule has 1 aliphatic rings. The first kappa shape index (κ1) is 24.5. The van der Waals surface area contributed by atoms with E-state index in [1.807, 2.05) is 85.7 Å². The van der Waals surface area contributed by atoms with Gasteiger partial charge in [-0.1, -0.05) is 67.6 Å². The van der Waals surface area contributed by atoms with Crippen molar-refractivity contribution in [2.24, 2.45) is 5.92 Å². The molecule has 0 bridgehead atoms. The average Bonchev–Trinajstić information content (AvgIpc) is 3.71. The molecule has 1 N–H and O–H groups in total. The lowest BCUT2D eigenvalue weighted by atomic mass is 9.94. The normalized spacial score (nSPS) is 13.7. The van der Waals surface area contributed by atoms with Gasteiger partial charge in [-0.25, -0.2) is 0 Å². The Morgan fingerprint density at radius 3 is 2.17 bits per heavy atom. The Labute approximate surface area is 208 Å². The number of rotatable bonds is 10. The molecule has 2 amide bonds. The summed E-state index contributed by atoms with van der Waals surface area (Å²) in [6.45, 7) is 3.04. The van der Waals surface area contributed by atoms with Crippen LogP contribution >= 0.6 is 0 Å². The Kier molecular flexibility index (Phi) is 7.86. The molecule has 0 saturated heterocycles. The number of anilines is 2. The van der Waals surface area contributed by atoms with Crippen molar-refractivity contribution in [2.45, 2.75) is 45.2 Å². The molecule has 1 fully saturated rings. The highest BCUT2D eigenvalue weighted by Crippen LogP contribution is 2.32. The lowest BCUT2D eigenvalue weighted by Crippen LogP contribution is -2.34. The van der Waals surface area contributed by atoms with Gasteiger partial charge in [0.15, 0.2) is 0 Å². The van der Waals surface area contributed by atoms with Crippen LogP contribution in [0.4, 0.5) is 11.4 Å². The van der Waals surface area contributed by atoms with Crippen LogP contribution in [0, 0.1) is 5.92 Å². The number of nitrogens with one attached hydrogen (secondary N) is 1. The van der Waals surface area contributed by atoms with Gasteiger partial charge in [-0.2, -0.15) is 0 Å². The molecule has 5 nitrogen and oxygen atoms in total. The molecule has 0 spiro atoms. The van der Waals surface area contributed by atoms with Crippen molar-refractivity contribution in [1.29, 1.82) is 0 Å². The van der Waals surface area contributed by atoms with Gasteiger partial charge in [0.1, 0.15) is 0 Å². The number of benzene rings is 3. The van der Waals surface area contributed by atoms with Crippen LogP contribution < -0.4 is 10.2 Å². The summed E-state index contributed by atoms with van der Waals surface area (Å²) in [5.41, 5.74) is 4.96. The molecule has 3 aromatic rings.